The topological polar surface area (TPSA) is 58.4 Å². The molecule has 108 valence electrons. The van der Waals surface area contributed by atoms with Crippen molar-refractivity contribution in [3.05, 3.63) is 30.0 Å². The molecule has 1 amide bonds. The first kappa shape index (κ1) is 14.8. The predicted octanol–water partition coefficient (Wildman–Crippen LogP) is 1.61. The summed E-state index contributed by atoms with van der Waals surface area (Å²) < 4.78 is 5.23. The van der Waals surface area contributed by atoms with Crippen LogP contribution in [0.5, 0.6) is 0 Å². The Kier molecular flexibility index (Phi) is 4.62. The van der Waals surface area contributed by atoms with Crippen LogP contribution in [0, 0.1) is 0 Å². The zero-order valence-electron chi connectivity index (χ0n) is 11.3. The lowest BCUT2D eigenvalue weighted by atomic mass is 10.1. The summed E-state index contributed by atoms with van der Waals surface area (Å²) in [5, 5.41) is 8.27. The van der Waals surface area contributed by atoms with Gasteiger partial charge in [-0.25, -0.2) is 0 Å². The molecule has 0 saturated carbocycles. The molecule has 0 bridgehead atoms. The molecule has 5 nitrogen and oxygen atoms in total. The molecule has 0 unspecified atom stereocenters. The Bertz CT molecular complexity index is 599. The number of hydrogen-bond acceptors (Lipinski definition) is 4. The predicted molar refractivity (Wildman–Crippen MR) is 79.0 cm³/mol. The molecule has 1 atom stereocenters. The summed E-state index contributed by atoms with van der Waals surface area (Å²) in [7, 11) is 0. The van der Waals surface area contributed by atoms with Crippen molar-refractivity contribution < 1.29 is 9.32 Å². The molecule has 6 heteroatoms. The highest BCUT2D eigenvalue weighted by atomic mass is 35.5. The molecule has 1 aliphatic heterocycles. The second-order valence-electron chi connectivity index (χ2n) is 5.00. The first-order valence-corrected chi connectivity index (χ1v) is 6.58. The SMILES string of the molecule is C[C@H]1CN(C(=O)Cc2noc3ccccc23)CCN1.Cl. The van der Waals surface area contributed by atoms with Crippen molar-refractivity contribution in [2.24, 2.45) is 0 Å². The summed E-state index contributed by atoms with van der Waals surface area (Å²) in [6, 6.07) is 7.99. The third kappa shape index (κ3) is 2.94. The van der Waals surface area contributed by atoms with Crippen LogP contribution in [0.3, 0.4) is 0 Å². The number of nitrogens with one attached hydrogen (secondary N) is 1. The van der Waals surface area contributed by atoms with Gasteiger partial charge in [-0.2, -0.15) is 0 Å². The number of halogens is 1. The summed E-state index contributed by atoms with van der Waals surface area (Å²) in [5.41, 5.74) is 1.46. The van der Waals surface area contributed by atoms with Crippen LogP contribution < -0.4 is 5.32 Å². The van der Waals surface area contributed by atoms with Crippen molar-refractivity contribution >= 4 is 29.3 Å². The monoisotopic (exact) mass is 295 g/mol. The lowest BCUT2D eigenvalue weighted by molar-refractivity contribution is -0.131. The van der Waals surface area contributed by atoms with E-state index in [0.29, 0.717) is 12.5 Å². The van der Waals surface area contributed by atoms with E-state index in [0.717, 1.165) is 36.3 Å². The Hall–Kier alpha value is -1.59. The molecule has 0 radical (unpaired) electrons. The average molecular weight is 296 g/mol. The zero-order chi connectivity index (χ0) is 13.2. The van der Waals surface area contributed by atoms with Gasteiger partial charge < -0.3 is 14.7 Å². The second kappa shape index (κ2) is 6.24. The molecule has 1 aromatic carbocycles. The minimum Gasteiger partial charge on any atom is -0.356 e. The summed E-state index contributed by atoms with van der Waals surface area (Å²) in [5.74, 6) is 0.118. The van der Waals surface area contributed by atoms with Crippen molar-refractivity contribution in [2.45, 2.75) is 19.4 Å². The fourth-order valence-electron chi connectivity index (χ4n) is 2.48. The number of fused-ring (bicyclic) bond motifs is 1. The van der Waals surface area contributed by atoms with Crippen molar-refractivity contribution in [2.75, 3.05) is 19.6 Å². The number of carbonyl (C=O) groups excluding carboxylic acids is 1. The maximum absolute atomic E-state index is 12.3. The third-order valence-corrected chi connectivity index (χ3v) is 3.49. The van der Waals surface area contributed by atoms with E-state index in [-0.39, 0.29) is 18.3 Å². The molecule has 1 fully saturated rings. The van der Waals surface area contributed by atoms with Crippen LogP contribution in [0.4, 0.5) is 0 Å². The van der Waals surface area contributed by atoms with Gasteiger partial charge in [0.25, 0.3) is 0 Å². The number of piperazine rings is 1. The van der Waals surface area contributed by atoms with Crippen molar-refractivity contribution in [3.8, 4) is 0 Å². The Labute approximate surface area is 123 Å². The molecule has 0 aliphatic carbocycles. The number of para-hydroxylation sites is 1. The van der Waals surface area contributed by atoms with E-state index in [9.17, 15) is 4.79 Å². The van der Waals surface area contributed by atoms with E-state index in [1.54, 1.807) is 0 Å². The number of hydrogen-bond donors (Lipinski definition) is 1. The number of amides is 1. The summed E-state index contributed by atoms with van der Waals surface area (Å²) in [4.78, 5) is 14.2. The van der Waals surface area contributed by atoms with Crippen LogP contribution in [0.25, 0.3) is 11.0 Å². The van der Waals surface area contributed by atoms with Gasteiger partial charge in [-0.3, -0.25) is 4.79 Å². The minimum atomic E-state index is 0. The van der Waals surface area contributed by atoms with Crippen LogP contribution in [0.2, 0.25) is 0 Å². The smallest absolute Gasteiger partial charge is 0.228 e. The van der Waals surface area contributed by atoms with Crippen LogP contribution in [-0.2, 0) is 11.2 Å². The Morgan fingerprint density at radius 1 is 1.50 bits per heavy atom. The summed E-state index contributed by atoms with van der Waals surface area (Å²) in [6.45, 7) is 4.46. The molecule has 0 spiro atoms. The number of carbonyl (C=O) groups is 1. The average Bonchev–Trinajstić information content (AvgIpc) is 2.82. The van der Waals surface area contributed by atoms with Crippen LogP contribution in [0.15, 0.2) is 28.8 Å². The summed E-state index contributed by atoms with van der Waals surface area (Å²) >= 11 is 0. The minimum absolute atomic E-state index is 0. The lowest BCUT2D eigenvalue weighted by Crippen LogP contribution is -2.51. The normalized spacial score (nSPS) is 18.9. The Morgan fingerprint density at radius 3 is 3.10 bits per heavy atom. The van der Waals surface area contributed by atoms with Crippen molar-refractivity contribution in [1.82, 2.24) is 15.4 Å². The quantitative estimate of drug-likeness (QED) is 0.914. The van der Waals surface area contributed by atoms with E-state index in [1.807, 2.05) is 29.2 Å². The van der Waals surface area contributed by atoms with E-state index < -0.39 is 0 Å². The van der Waals surface area contributed by atoms with Gasteiger partial charge in [0.1, 0.15) is 5.69 Å². The Morgan fingerprint density at radius 2 is 2.30 bits per heavy atom. The fraction of sp³-hybridized carbons (Fsp3) is 0.429. The molecule has 1 saturated heterocycles. The van der Waals surface area contributed by atoms with E-state index in [2.05, 4.69) is 17.4 Å². The van der Waals surface area contributed by atoms with Crippen LogP contribution in [-0.4, -0.2) is 41.6 Å². The number of benzene rings is 1. The first-order valence-electron chi connectivity index (χ1n) is 6.58. The molecular formula is C14H18ClN3O2. The van der Waals surface area contributed by atoms with Gasteiger partial charge in [-0.15, -0.1) is 12.4 Å². The third-order valence-electron chi connectivity index (χ3n) is 3.49. The van der Waals surface area contributed by atoms with Gasteiger partial charge in [-0.1, -0.05) is 17.3 Å². The van der Waals surface area contributed by atoms with Gasteiger partial charge in [0.05, 0.1) is 6.42 Å². The second-order valence-corrected chi connectivity index (χ2v) is 5.00. The molecule has 3 rings (SSSR count). The fourth-order valence-corrected chi connectivity index (χ4v) is 2.48. The number of rotatable bonds is 2. The molecule has 20 heavy (non-hydrogen) atoms. The van der Waals surface area contributed by atoms with Crippen LogP contribution in [0.1, 0.15) is 12.6 Å². The van der Waals surface area contributed by atoms with E-state index >= 15 is 0 Å². The maximum Gasteiger partial charge on any atom is 0.228 e. The molecule has 1 aliphatic rings. The highest BCUT2D eigenvalue weighted by Crippen LogP contribution is 2.18. The molecular weight excluding hydrogens is 278 g/mol. The number of nitrogens with zero attached hydrogens (tertiary/aromatic N) is 2. The molecule has 1 aromatic heterocycles. The molecule has 2 heterocycles. The van der Waals surface area contributed by atoms with Crippen LogP contribution >= 0.6 is 12.4 Å². The van der Waals surface area contributed by atoms with E-state index in [4.69, 9.17) is 4.52 Å². The summed E-state index contributed by atoms with van der Waals surface area (Å²) in [6.07, 6.45) is 0.309. The highest BCUT2D eigenvalue weighted by Gasteiger charge is 2.22. The maximum atomic E-state index is 12.3. The van der Waals surface area contributed by atoms with Crippen molar-refractivity contribution in [3.63, 3.8) is 0 Å². The molecule has 1 N–H and O–H groups in total. The zero-order valence-corrected chi connectivity index (χ0v) is 12.2. The highest BCUT2D eigenvalue weighted by molar-refractivity contribution is 5.86. The number of aromatic nitrogens is 1. The van der Waals surface area contributed by atoms with Gasteiger partial charge >= 0.3 is 0 Å². The van der Waals surface area contributed by atoms with Crippen molar-refractivity contribution in [1.29, 1.82) is 0 Å². The van der Waals surface area contributed by atoms with E-state index in [1.165, 1.54) is 0 Å². The lowest BCUT2D eigenvalue weighted by Gasteiger charge is -2.31. The largest absolute Gasteiger partial charge is 0.356 e. The van der Waals surface area contributed by atoms with Gasteiger partial charge in [0.15, 0.2) is 5.58 Å². The first-order chi connectivity index (χ1) is 9.24. The standard InChI is InChI=1S/C14H17N3O2.ClH/c1-10-9-17(7-6-15-10)14(18)8-12-11-4-2-3-5-13(11)19-16-12;/h2-5,10,15H,6-9H2,1H3;1H/t10-;/m0./s1. The molecule has 2 aromatic rings. The van der Waals surface area contributed by atoms with Gasteiger partial charge in [0, 0.05) is 31.1 Å². The Balaban J connectivity index is 0.00000147. The van der Waals surface area contributed by atoms with Gasteiger partial charge in [0.2, 0.25) is 5.91 Å². The van der Waals surface area contributed by atoms with Gasteiger partial charge in [-0.05, 0) is 19.1 Å².